The fourth-order valence-corrected chi connectivity index (χ4v) is 4.72. The molecule has 0 aromatic rings. The van der Waals surface area contributed by atoms with Crippen LogP contribution in [-0.2, 0) is 28.2 Å². The van der Waals surface area contributed by atoms with Crippen LogP contribution < -0.4 is 0 Å². The van der Waals surface area contributed by atoms with Gasteiger partial charge in [-0.1, -0.05) is 125 Å². The summed E-state index contributed by atoms with van der Waals surface area (Å²) in [6, 6.07) is 0. The topological polar surface area (TPSA) is 119 Å². The second-order valence-corrected chi connectivity index (χ2v) is 12.7. The number of ether oxygens (including phenoxy) is 2. The number of esters is 2. The van der Waals surface area contributed by atoms with Gasteiger partial charge in [-0.05, 0) is 70.6 Å². The molecule has 0 aliphatic heterocycles. The smallest absolute Gasteiger partial charge is 0.462 e. The van der Waals surface area contributed by atoms with Crippen LogP contribution in [0.4, 0.5) is 0 Å². The highest BCUT2D eigenvalue weighted by molar-refractivity contribution is 7.46. The quantitative estimate of drug-likeness (QED) is 0.0322. The van der Waals surface area contributed by atoms with Gasteiger partial charge >= 0.3 is 19.8 Å². The summed E-state index contributed by atoms with van der Waals surface area (Å²) in [6.45, 7) is 3.45. The van der Waals surface area contributed by atoms with E-state index in [1.165, 1.54) is 32.1 Å². The molecule has 2 N–H and O–H groups in total. The highest BCUT2D eigenvalue weighted by atomic mass is 31.2. The highest BCUT2D eigenvalue weighted by Crippen LogP contribution is 2.35. The van der Waals surface area contributed by atoms with Crippen LogP contribution >= 0.6 is 7.82 Å². The lowest BCUT2D eigenvalue weighted by atomic mass is 10.1. The molecule has 0 bridgehead atoms. The summed E-state index contributed by atoms with van der Waals surface area (Å²) < 4.78 is 26.2. The summed E-state index contributed by atoms with van der Waals surface area (Å²) in [6.07, 6.45) is 42.1. The summed E-state index contributed by atoms with van der Waals surface area (Å²) in [5.74, 6) is -1.00. The summed E-state index contributed by atoms with van der Waals surface area (Å²) >= 11 is 0. The molecule has 0 rings (SSSR count). The molecule has 8 nitrogen and oxygen atoms in total. The normalized spacial score (nSPS) is 13.4. The average molecular weight is 679 g/mol. The molecule has 0 aliphatic rings. The molecule has 0 spiro atoms. The molecule has 0 aliphatic carbocycles. The van der Waals surface area contributed by atoms with E-state index in [9.17, 15) is 14.2 Å². The Morgan fingerprint density at radius 2 is 1.06 bits per heavy atom. The lowest BCUT2D eigenvalue weighted by Crippen LogP contribution is -2.29. The summed E-state index contributed by atoms with van der Waals surface area (Å²) in [5, 5.41) is 0. The number of carbonyl (C=O) groups excluding carboxylic acids is 2. The summed E-state index contributed by atoms with van der Waals surface area (Å²) in [5.41, 5.74) is 0. The van der Waals surface area contributed by atoms with Crippen molar-refractivity contribution in [3.63, 3.8) is 0 Å². The number of phosphoric ester groups is 1. The number of carbonyl (C=O) groups is 2. The van der Waals surface area contributed by atoms with Crippen LogP contribution in [0.15, 0.2) is 72.9 Å². The van der Waals surface area contributed by atoms with Gasteiger partial charge in [-0.2, -0.15) is 0 Å². The van der Waals surface area contributed by atoms with Gasteiger partial charge in [-0.3, -0.25) is 14.1 Å². The van der Waals surface area contributed by atoms with Gasteiger partial charge in [0.2, 0.25) is 0 Å². The SMILES string of the molecule is CC/C=C\C/C=C\C/C=C\C/C=C\CCC(=O)OC(COC(=O)CCCCCCC/C=C\C/C=C\CCCCCC)COP(=O)(O)O. The van der Waals surface area contributed by atoms with E-state index in [0.717, 1.165) is 64.2 Å². The van der Waals surface area contributed by atoms with Crippen molar-refractivity contribution in [3.8, 4) is 0 Å². The maximum absolute atomic E-state index is 12.3. The van der Waals surface area contributed by atoms with Gasteiger partial charge in [0.25, 0.3) is 0 Å². The first-order valence-corrected chi connectivity index (χ1v) is 19.3. The van der Waals surface area contributed by atoms with Crippen molar-refractivity contribution in [2.45, 2.75) is 142 Å². The molecule has 268 valence electrons. The zero-order valence-electron chi connectivity index (χ0n) is 29.1. The fourth-order valence-electron chi connectivity index (χ4n) is 4.36. The monoisotopic (exact) mass is 678 g/mol. The van der Waals surface area contributed by atoms with Gasteiger partial charge in [-0.15, -0.1) is 0 Å². The van der Waals surface area contributed by atoms with E-state index in [-0.39, 0.29) is 19.4 Å². The van der Waals surface area contributed by atoms with Crippen molar-refractivity contribution < 1.29 is 37.9 Å². The highest BCUT2D eigenvalue weighted by Gasteiger charge is 2.22. The Balaban J connectivity index is 4.13. The Morgan fingerprint density at radius 1 is 0.574 bits per heavy atom. The number of hydrogen-bond donors (Lipinski definition) is 2. The average Bonchev–Trinajstić information content (AvgIpc) is 3.03. The molecule has 1 unspecified atom stereocenters. The first kappa shape index (κ1) is 44.5. The zero-order valence-corrected chi connectivity index (χ0v) is 30.0. The van der Waals surface area contributed by atoms with Gasteiger partial charge in [0, 0.05) is 12.8 Å². The van der Waals surface area contributed by atoms with Crippen molar-refractivity contribution in [2.75, 3.05) is 13.2 Å². The molecule has 47 heavy (non-hydrogen) atoms. The number of phosphoric acid groups is 1. The number of rotatable bonds is 31. The summed E-state index contributed by atoms with van der Waals surface area (Å²) in [7, 11) is -4.77. The van der Waals surface area contributed by atoms with Crippen molar-refractivity contribution in [1.29, 1.82) is 0 Å². The first-order valence-electron chi connectivity index (χ1n) is 17.7. The third-order valence-corrected chi connectivity index (χ3v) is 7.46. The molecule has 1 atom stereocenters. The van der Waals surface area contributed by atoms with Gasteiger partial charge < -0.3 is 19.3 Å². The Kier molecular flexibility index (Phi) is 31.6. The number of unbranched alkanes of at least 4 members (excludes halogenated alkanes) is 9. The van der Waals surface area contributed by atoms with E-state index in [4.69, 9.17) is 19.3 Å². The lowest BCUT2D eigenvalue weighted by Gasteiger charge is -2.18. The van der Waals surface area contributed by atoms with Crippen LogP contribution in [0, 0.1) is 0 Å². The Morgan fingerprint density at radius 3 is 1.62 bits per heavy atom. The molecule has 0 aromatic carbocycles. The van der Waals surface area contributed by atoms with E-state index in [1.807, 2.05) is 12.2 Å². The predicted molar refractivity (Wildman–Crippen MR) is 193 cm³/mol. The van der Waals surface area contributed by atoms with E-state index in [0.29, 0.717) is 12.8 Å². The maximum Gasteiger partial charge on any atom is 0.469 e. The maximum atomic E-state index is 12.3. The predicted octanol–water partition coefficient (Wildman–Crippen LogP) is 10.3. The van der Waals surface area contributed by atoms with E-state index in [1.54, 1.807) is 0 Å². The van der Waals surface area contributed by atoms with E-state index in [2.05, 4.69) is 79.1 Å². The van der Waals surface area contributed by atoms with Crippen LogP contribution in [0.25, 0.3) is 0 Å². The molecular formula is C38H63O8P. The van der Waals surface area contributed by atoms with Crippen LogP contribution in [-0.4, -0.2) is 41.0 Å². The minimum Gasteiger partial charge on any atom is -0.462 e. The molecule has 0 heterocycles. The van der Waals surface area contributed by atoms with Gasteiger partial charge in [0.1, 0.15) is 6.61 Å². The van der Waals surface area contributed by atoms with Gasteiger partial charge in [-0.25, -0.2) is 4.57 Å². The van der Waals surface area contributed by atoms with Gasteiger partial charge in [0.05, 0.1) is 6.61 Å². The molecular weight excluding hydrogens is 615 g/mol. The molecule has 0 fully saturated rings. The largest absolute Gasteiger partial charge is 0.469 e. The molecule has 9 heteroatoms. The fraction of sp³-hybridized carbons (Fsp3) is 0.632. The number of hydrogen-bond acceptors (Lipinski definition) is 6. The molecule has 0 radical (unpaired) electrons. The van der Waals surface area contributed by atoms with E-state index < -0.39 is 32.5 Å². The van der Waals surface area contributed by atoms with Crippen molar-refractivity contribution in [1.82, 2.24) is 0 Å². The number of allylic oxidation sites excluding steroid dienone is 12. The third kappa shape index (κ3) is 36.2. The Bertz CT molecular complexity index is 990. The van der Waals surface area contributed by atoms with Crippen LogP contribution in [0.2, 0.25) is 0 Å². The molecule has 0 amide bonds. The van der Waals surface area contributed by atoms with Crippen molar-refractivity contribution in [3.05, 3.63) is 72.9 Å². The van der Waals surface area contributed by atoms with Crippen molar-refractivity contribution in [2.24, 2.45) is 0 Å². The minimum absolute atomic E-state index is 0.0839. The lowest BCUT2D eigenvalue weighted by molar-refractivity contribution is -0.161. The first-order chi connectivity index (χ1) is 22.8. The van der Waals surface area contributed by atoms with Crippen LogP contribution in [0.3, 0.4) is 0 Å². The minimum atomic E-state index is -4.77. The second kappa shape index (κ2) is 33.4. The molecule has 0 saturated carbocycles. The Labute approximate surface area is 285 Å². The zero-order chi connectivity index (χ0) is 34.7. The third-order valence-electron chi connectivity index (χ3n) is 6.97. The molecule has 0 aromatic heterocycles. The summed E-state index contributed by atoms with van der Waals surface area (Å²) in [4.78, 5) is 42.6. The van der Waals surface area contributed by atoms with Gasteiger partial charge in [0.15, 0.2) is 6.10 Å². The standard InChI is InChI=1S/C38H63O8P/c1-3-5-7-9-11-13-15-17-18-19-21-22-24-26-28-30-32-37(39)44-34-36(35-45-47(41,42)43)46-38(40)33-31-29-27-25-23-20-16-14-12-10-8-6-4-2/h6,8,12-15,18-20,23,27,29,36H,3-5,7,9-11,16-17,21-22,24-26,28,30-35H2,1-2H3,(H2,41,42,43)/b8-6-,14-12-,15-13-,19-18-,23-20-,29-27-. The van der Waals surface area contributed by atoms with Crippen LogP contribution in [0.1, 0.15) is 136 Å². The second-order valence-electron chi connectivity index (χ2n) is 11.5. The van der Waals surface area contributed by atoms with Crippen molar-refractivity contribution >= 4 is 19.8 Å². The van der Waals surface area contributed by atoms with E-state index >= 15 is 0 Å². The Hall–Kier alpha value is -2.51. The van der Waals surface area contributed by atoms with Crippen LogP contribution in [0.5, 0.6) is 0 Å². The molecule has 0 saturated heterocycles.